The number of allylic oxidation sites excluding steroid dienone is 2. The van der Waals surface area contributed by atoms with Crippen LogP contribution in [-0.2, 0) is 0 Å². The minimum absolute atomic E-state index is 0.384. The van der Waals surface area contributed by atoms with Gasteiger partial charge in [0.1, 0.15) is 11.5 Å². The van der Waals surface area contributed by atoms with Crippen LogP contribution in [0.15, 0.2) is 71.8 Å². The highest BCUT2D eigenvalue weighted by atomic mass is 35.5. The maximum absolute atomic E-state index is 6.32. The summed E-state index contributed by atoms with van der Waals surface area (Å²) in [4.78, 5) is 0. The Labute approximate surface area is 156 Å². The van der Waals surface area contributed by atoms with Crippen molar-refractivity contribution in [1.82, 2.24) is 0 Å². The van der Waals surface area contributed by atoms with Gasteiger partial charge >= 0.3 is 0 Å². The average molecular weight is 388 g/mol. The molecule has 2 unspecified atom stereocenters. The van der Waals surface area contributed by atoms with Gasteiger partial charge < -0.3 is 4.74 Å². The second-order valence-corrected chi connectivity index (χ2v) is 6.06. The highest BCUT2D eigenvalue weighted by Crippen LogP contribution is 2.37. The van der Waals surface area contributed by atoms with Crippen LogP contribution in [0.25, 0.3) is 0 Å². The average Bonchev–Trinajstić information content (AvgIpc) is 2.56. The van der Waals surface area contributed by atoms with Crippen LogP contribution in [0.2, 0.25) is 0 Å². The van der Waals surface area contributed by atoms with Crippen LogP contribution in [-0.4, -0.2) is 0 Å². The zero-order valence-corrected chi connectivity index (χ0v) is 15.0. The van der Waals surface area contributed by atoms with Gasteiger partial charge in [0, 0.05) is 22.2 Å². The molecule has 120 valence electrons. The van der Waals surface area contributed by atoms with Gasteiger partial charge in [-0.1, -0.05) is 71.8 Å². The molecule has 23 heavy (non-hydrogen) atoms. The fourth-order valence-corrected chi connectivity index (χ4v) is 3.00. The summed E-state index contributed by atoms with van der Waals surface area (Å²) in [5, 5.41) is -0.768. The van der Waals surface area contributed by atoms with Crippen molar-refractivity contribution < 1.29 is 4.74 Å². The molecular formula is C18H14Cl4O. The van der Waals surface area contributed by atoms with Gasteiger partial charge in [-0.3, -0.25) is 0 Å². The maximum atomic E-state index is 6.32. The van der Waals surface area contributed by atoms with Crippen molar-refractivity contribution in [3.8, 4) is 11.5 Å². The van der Waals surface area contributed by atoms with Crippen LogP contribution >= 0.6 is 46.4 Å². The molecule has 0 heterocycles. The minimum atomic E-state index is -0.384. The summed E-state index contributed by atoms with van der Waals surface area (Å²) in [5.41, 5.74) is 4.42. The van der Waals surface area contributed by atoms with E-state index in [2.05, 4.69) is 0 Å². The van der Waals surface area contributed by atoms with E-state index in [9.17, 15) is 0 Å². The molecule has 0 saturated carbocycles. The van der Waals surface area contributed by atoms with Gasteiger partial charge in [-0.25, -0.2) is 0 Å². The van der Waals surface area contributed by atoms with Gasteiger partial charge in [-0.15, -0.1) is 23.2 Å². The topological polar surface area (TPSA) is 9.23 Å². The Hall–Kier alpha value is -1.12. The molecule has 2 aromatic carbocycles. The summed E-state index contributed by atoms with van der Waals surface area (Å²) in [6, 6.07) is 15.0. The number of hydrogen-bond donors (Lipinski definition) is 0. The molecular weight excluding hydrogens is 374 g/mol. The Bertz CT molecular complexity index is 637. The van der Waals surface area contributed by atoms with E-state index in [1.54, 1.807) is 12.2 Å². The van der Waals surface area contributed by atoms with Gasteiger partial charge in [0.15, 0.2) is 0 Å². The molecule has 0 aromatic heterocycles. The molecule has 0 bridgehead atoms. The minimum Gasteiger partial charge on any atom is -0.457 e. The van der Waals surface area contributed by atoms with E-state index in [1.807, 2.05) is 48.5 Å². The van der Waals surface area contributed by atoms with Gasteiger partial charge in [-0.05, 0) is 12.1 Å². The third-order valence-electron chi connectivity index (χ3n) is 3.14. The lowest BCUT2D eigenvalue weighted by Crippen LogP contribution is -1.96. The summed E-state index contributed by atoms with van der Waals surface area (Å²) in [7, 11) is 0. The molecule has 0 amide bonds. The van der Waals surface area contributed by atoms with Gasteiger partial charge in [0.2, 0.25) is 0 Å². The quantitative estimate of drug-likeness (QED) is 0.465. The van der Waals surface area contributed by atoms with E-state index < -0.39 is 0 Å². The van der Waals surface area contributed by atoms with E-state index in [1.165, 1.54) is 11.1 Å². The fourth-order valence-electron chi connectivity index (χ4n) is 2.06. The Morgan fingerprint density at radius 1 is 0.696 bits per heavy atom. The number of hydrogen-bond acceptors (Lipinski definition) is 1. The van der Waals surface area contributed by atoms with Crippen molar-refractivity contribution in [2.45, 2.75) is 10.8 Å². The highest BCUT2D eigenvalue weighted by Gasteiger charge is 2.15. The lowest BCUT2D eigenvalue weighted by molar-refractivity contribution is 0.472. The zero-order valence-electron chi connectivity index (χ0n) is 12.0. The van der Waals surface area contributed by atoms with Crippen LogP contribution in [0, 0.1) is 0 Å². The van der Waals surface area contributed by atoms with E-state index in [0.717, 1.165) is 11.1 Å². The lowest BCUT2D eigenvalue weighted by atomic mass is 10.1. The standard InChI is InChI=1S/C18H14Cl4O/c19-11-9-15(21)13-5-1-3-7-17(13)23-18-8-4-2-6-14(18)16(22)10-12-20/h1-12,15-16H. The third kappa shape index (κ3) is 4.92. The summed E-state index contributed by atoms with van der Waals surface area (Å²) in [6.45, 7) is 0. The molecule has 0 aliphatic heterocycles. The van der Waals surface area contributed by atoms with Crippen LogP contribution < -0.4 is 4.74 Å². The first-order valence-electron chi connectivity index (χ1n) is 6.85. The number of alkyl halides is 2. The second kappa shape index (κ2) is 9.24. The predicted molar refractivity (Wildman–Crippen MR) is 100 cm³/mol. The Balaban J connectivity index is 2.37. The molecule has 5 heteroatoms. The number of halogens is 4. The first-order chi connectivity index (χ1) is 11.2. The molecule has 0 aliphatic rings. The highest BCUT2D eigenvalue weighted by molar-refractivity contribution is 6.27. The molecule has 1 nitrogen and oxygen atoms in total. The molecule has 0 N–H and O–H groups in total. The molecule has 2 atom stereocenters. The van der Waals surface area contributed by atoms with Crippen molar-refractivity contribution in [2.24, 2.45) is 0 Å². The Kier molecular flexibility index (Phi) is 7.32. The summed E-state index contributed by atoms with van der Waals surface area (Å²) in [6.07, 6.45) is 3.36. The van der Waals surface area contributed by atoms with E-state index >= 15 is 0 Å². The van der Waals surface area contributed by atoms with E-state index in [4.69, 9.17) is 51.1 Å². The first kappa shape index (κ1) is 18.2. The predicted octanol–water partition coefficient (Wildman–Crippen LogP) is 7.54. The third-order valence-corrected chi connectivity index (χ3v) is 4.19. The maximum Gasteiger partial charge on any atom is 0.132 e. The van der Waals surface area contributed by atoms with Crippen LogP contribution in [0.1, 0.15) is 21.9 Å². The number of para-hydroxylation sites is 2. The van der Waals surface area contributed by atoms with Crippen LogP contribution in [0.3, 0.4) is 0 Å². The lowest BCUT2D eigenvalue weighted by Gasteiger charge is -2.16. The van der Waals surface area contributed by atoms with Crippen LogP contribution in [0.4, 0.5) is 0 Å². The smallest absolute Gasteiger partial charge is 0.132 e. The SMILES string of the molecule is ClC=CC(Cl)c1ccccc1Oc1ccccc1C(Cl)C=CCl. The summed E-state index contributed by atoms with van der Waals surface area (Å²) in [5.74, 6) is 1.29. The largest absolute Gasteiger partial charge is 0.457 e. The molecule has 2 rings (SSSR count). The summed E-state index contributed by atoms with van der Waals surface area (Å²) < 4.78 is 6.05. The molecule has 0 fully saturated rings. The zero-order chi connectivity index (χ0) is 16.7. The monoisotopic (exact) mass is 386 g/mol. The molecule has 0 saturated heterocycles. The fraction of sp³-hybridized carbons (Fsp3) is 0.111. The second-order valence-electron chi connectivity index (χ2n) is 4.62. The van der Waals surface area contributed by atoms with Crippen molar-refractivity contribution in [3.63, 3.8) is 0 Å². The molecule has 2 aromatic rings. The van der Waals surface area contributed by atoms with Gasteiger partial charge in [-0.2, -0.15) is 0 Å². The molecule has 0 aliphatic carbocycles. The van der Waals surface area contributed by atoms with Crippen molar-refractivity contribution in [3.05, 3.63) is 82.9 Å². The van der Waals surface area contributed by atoms with Crippen molar-refractivity contribution >= 4 is 46.4 Å². The molecule has 0 radical (unpaired) electrons. The van der Waals surface area contributed by atoms with E-state index in [-0.39, 0.29) is 10.8 Å². The van der Waals surface area contributed by atoms with Gasteiger partial charge in [0.25, 0.3) is 0 Å². The Morgan fingerprint density at radius 3 is 1.48 bits per heavy atom. The first-order valence-corrected chi connectivity index (χ1v) is 8.59. The normalized spacial score (nSPS) is 14.3. The molecule has 0 spiro atoms. The van der Waals surface area contributed by atoms with Crippen molar-refractivity contribution in [1.29, 1.82) is 0 Å². The van der Waals surface area contributed by atoms with Gasteiger partial charge in [0.05, 0.1) is 10.8 Å². The van der Waals surface area contributed by atoms with E-state index in [0.29, 0.717) is 11.5 Å². The number of rotatable bonds is 6. The number of ether oxygens (including phenoxy) is 1. The summed E-state index contributed by atoms with van der Waals surface area (Å²) >= 11 is 23.9. The van der Waals surface area contributed by atoms with Crippen molar-refractivity contribution in [2.75, 3.05) is 0 Å². The Morgan fingerprint density at radius 2 is 1.09 bits per heavy atom. The van der Waals surface area contributed by atoms with Crippen LogP contribution in [0.5, 0.6) is 11.5 Å². The number of benzene rings is 2.